The Morgan fingerprint density at radius 3 is 2.94 bits per heavy atom. The van der Waals surface area contributed by atoms with E-state index in [0.29, 0.717) is 10.8 Å². The van der Waals surface area contributed by atoms with Crippen molar-refractivity contribution in [2.75, 3.05) is 19.0 Å². The van der Waals surface area contributed by atoms with Crippen molar-refractivity contribution >= 4 is 23.1 Å². The Kier molecular flexibility index (Phi) is 4.26. The fourth-order valence-electron chi connectivity index (χ4n) is 1.89. The van der Waals surface area contributed by atoms with Gasteiger partial charge in [-0.15, -0.1) is 0 Å². The number of aliphatic imine (C=N–C) groups is 1. The number of methoxy groups -OCH3 is 1. The lowest BCUT2D eigenvalue weighted by molar-refractivity contribution is 0.415. The highest BCUT2D eigenvalue weighted by atomic mass is 35.5. The summed E-state index contributed by atoms with van der Waals surface area (Å²) >= 11 is 6.07. The molecule has 1 aromatic rings. The molecule has 1 heterocycles. The fraction of sp³-hybridized carbons (Fsp3) is 0.462. The van der Waals surface area contributed by atoms with E-state index < -0.39 is 0 Å². The molecule has 0 amide bonds. The zero-order chi connectivity index (χ0) is 12.1. The van der Waals surface area contributed by atoms with Crippen molar-refractivity contribution in [1.82, 2.24) is 0 Å². The second kappa shape index (κ2) is 5.92. The molecule has 0 unspecified atom stereocenters. The van der Waals surface area contributed by atoms with Crippen LogP contribution in [0.2, 0.25) is 5.02 Å². The lowest BCUT2D eigenvalue weighted by atomic mass is 10.2. The number of hydrogen-bond acceptors (Lipinski definition) is 3. The van der Waals surface area contributed by atoms with Crippen molar-refractivity contribution in [3.05, 3.63) is 23.2 Å². The molecule has 4 heteroatoms. The third-order valence-corrected chi connectivity index (χ3v) is 3.11. The average Bonchev–Trinajstić information content (AvgIpc) is 2.58. The average molecular weight is 253 g/mol. The van der Waals surface area contributed by atoms with Crippen molar-refractivity contribution < 1.29 is 4.74 Å². The monoisotopic (exact) mass is 252 g/mol. The third-order valence-electron chi connectivity index (χ3n) is 2.81. The van der Waals surface area contributed by atoms with E-state index in [2.05, 4.69) is 10.3 Å². The number of benzene rings is 1. The lowest BCUT2D eigenvalue weighted by Gasteiger charge is -2.10. The predicted octanol–water partition coefficient (Wildman–Crippen LogP) is 3.73. The molecule has 2 rings (SSSR count). The van der Waals surface area contributed by atoms with Gasteiger partial charge in [0.05, 0.1) is 12.1 Å². The molecular weight excluding hydrogens is 236 g/mol. The van der Waals surface area contributed by atoms with Crippen LogP contribution in [0.15, 0.2) is 23.2 Å². The Balaban J connectivity index is 2.07. The highest BCUT2D eigenvalue weighted by Gasteiger charge is 2.06. The van der Waals surface area contributed by atoms with Crippen molar-refractivity contribution in [2.24, 2.45) is 4.99 Å². The third kappa shape index (κ3) is 3.37. The Labute approximate surface area is 107 Å². The summed E-state index contributed by atoms with van der Waals surface area (Å²) in [5, 5.41) is 3.94. The normalized spacial score (nSPS) is 16.0. The fourth-order valence-corrected chi connectivity index (χ4v) is 2.14. The standard InChI is InChI=1S/C13H17ClN2O/c1-17-12-7-6-10(9-11(12)14)16-13-5-3-2-4-8-15-13/h6-7,9H,2-5,8H2,1H3,(H,15,16). The maximum atomic E-state index is 6.07. The number of ether oxygens (including phenoxy) is 1. The smallest absolute Gasteiger partial charge is 0.137 e. The Morgan fingerprint density at radius 1 is 1.29 bits per heavy atom. The number of nitrogens with one attached hydrogen (secondary N) is 1. The summed E-state index contributed by atoms with van der Waals surface area (Å²) in [7, 11) is 1.61. The second-order valence-electron chi connectivity index (χ2n) is 4.11. The molecule has 1 aromatic carbocycles. The maximum Gasteiger partial charge on any atom is 0.137 e. The predicted molar refractivity (Wildman–Crippen MR) is 72.4 cm³/mol. The molecule has 1 aliphatic rings. The summed E-state index contributed by atoms with van der Waals surface area (Å²) < 4.78 is 5.12. The first-order valence-corrected chi connectivity index (χ1v) is 6.31. The van der Waals surface area contributed by atoms with Crippen LogP contribution in [0.3, 0.4) is 0 Å². The molecule has 0 radical (unpaired) electrons. The Morgan fingerprint density at radius 2 is 2.18 bits per heavy atom. The van der Waals surface area contributed by atoms with Gasteiger partial charge >= 0.3 is 0 Å². The van der Waals surface area contributed by atoms with E-state index in [0.717, 1.165) is 24.5 Å². The molecular formula is C13H17ClN2O. The minimum absolute atomic E-state index is 0.617. The zero-order valence-electron chi connectivity index (χ0n) is 10.0. The molecule has 1 N–H and O–H groups in total. The molecule has 1 aliphatic heterocycles. The highest BCUT2D eigenvalue weighted by Crippen LogP contribution is 2.27. The number of hydrogen-bond donors (Lipinski definition) is 1. The summed E-state index contributed by atoms with van der Waals surface area (Å²) in [4.78, 5) is 4.52. The van der Waals surface area contributed by atoms with Gasteiger partial charge in [-0.25, -0.2) is 0 Å². The van der Waals surface area contributed by atoms with Gasteiger partial charge in [-0.2, -0.15) is 0 Å². The number of amidine groups is 1. The molecule has 3 nitrogen and oxygen atoms in total. The van der Waals surface area contributed by atoms with Gasteiger partial charge in [0.25, 0.3) is 0 Å². The van der Waals surface area contributed by atoms with Crippen molar-refractivity contribution in [1.29, 1.82) is 0 Å². The van der Waals surface area contributed by atoms with E-state index in [4.69, 9.17) is 16.3 Å². The van der Waals surface area contributed by atoms with E-state index in [1.165, 1.54) is 19.3 Å². The van der Waals surface area contributed by atoms with Crippen LogP contribution in [-0.2, 0) is 0 Å². The van der Waals surface area contributed by atoms with Crippen LogP contribution >= 0.6 is 11.6 Å². The molecule has 0 fully saturated rings. The van der Waals surface area contributed by atoms with Crippen molar-refractivity contribution in [3.63, 3.8) is 0 Å². The van der Waals surface area contributed by atoms with Gasteiger partial charge < -0.3 is 10.1 Å². The van der Waals surface area contributed by atoms with Crippen molar-refractivity contribution in [3.8, 4) is 5.75 Å². The SMILES string of the molecule is COc1ccc(NC2=NCCCCC2)cc1Cl. The van der Waals surface area contributed by atoms with Gasteiger partial charge in [-0.3, -0.25) is 4.99 Å². The molecule has 0 aliphatic carbocycles. The largest absolute Gasteiger partial charge is 0.495 e. The first-order valence-electron chi connectivity index (χ1n) is 5.93. The highest BCUT2D eigenvalue weighted by molar-refractivity contribution is 6.32. The Hall–Kier alpha value is -1.22. The zero-order valence-corrected chi connectivity index (χ0v) is 10.8. The summed E-state index contributed by atoms with van der Waals surface area (Å²) in [6, 6.07) is 5.69. The topological polar surface area (TPSA) is 33.6 Å². The van der Waals surface area contributed by atoms with Gasteiger partial charge in [-0.05, 0) is 31.0 Å². The number of halogens is 1. The summed E-state index contributed by atoms with van der Waals surface area (Å²) in [6.07, 6.45) is 4.67. The van der Waals surface area contributed by atoms with E-state index >= 15 is 0 Å². The molecule has 0 bridgehead atoms. The molecule has 0 saturated heterocycles. The van der Waals surface area contributed by atoms with Crippen LogP contribution in [-0.4, -0.2) is 19.5 Å². The van der Waals surface area contributed by atoms with Crippen molar-refractivity contribution in [2.45, 2.75) is 25.7 Å². The van der Waals surface area contributed by atoms with Crippen LogP contribution in [0.25, 0.3) is 0 Å². The van der Waals surface area contributed by atoms with Gasteiger partial charge in [0.15, 0.2) is 0 Å². The molecule has 17 heavy (non-hydrogen) atoms. The Bertz CT molecular complexity index is 418. The summed E-state index contributed by atoms with van der Waals surface area (Å²) in [6.45, 7) is 0.923. The number of anilines is 1. The first-order chi connectivity index (χ1) is 8.29. The molecule has 0 atom stereocenters. The van der Waals surface area contributed by atoms with Gasteiger partial charge in [0, 0.05) is 18.7 Å². The quantitative estimate of drug-likeness (QED) is 0.870. The maximum absolute atomic E-state index is 6.07. The van der Waals surface area contributed by atoms with Gasteiger partial charge in [0.2, 0.25) is 0 Å². The molecule has 92 valence electrons. The molecule has 0 spiro atoms. The number of nitrogens with zero attached hydrogens (tertiary/aromatic N) is 1. The second-order valence-corrected chi connectivity index (χ2v) is 4.52. The van der Waals surface area contributed by atoms with Gasteiger partial charge in [-0.1, -0.05) is 18.0 Å². The summed E-state index contributed by atoms with van der Waals surface area (Å²) in [5.41, 5.74) is 0.969. The molecule has 0 saturated carbocycles. The van der Waals surface area contributed by atoms with E-state index in [1.807, 2.05) is 18.2 Å². The van der Waals surface area contributed by atoms with E-state index in [9.17, 15) is 0 Å². The van der Waals surface area contributed by atoms with E-state index in [1.54, 1.807) is 7.11 Å². The van der Waals surface area contributed by atoms with Gasteiger partial charge in [0.1, 0.15) is 11.6 Å². The van der Waals surface area contributed by atoms with E-state index in [-0.39, 0.29) is 0 Å². The number of rotatable bonds is 2. The van der Waals surface area contributed by atoms with Crippen LogP contribution in [0.4, 0.5) is 5.69 Å². The minimum Gasteiger partial charge on any atom is -0.495 e. The lowest BCUT2D eigenvalue weighted by Crippen LogP contribution is -2.11. The minimum atomic E-state index is 0.617. The van der Waals surface area contributed by atoms with Crippen LogP contribution in [0, 0.1) is 0 Å². The van der Waals surface area contributed by atoms with Crippen LogP contribution in [0.1, 0.15) is 25.7 Å². The molecule has 0 aromatic heterocycles. The summed E-state index contributed by atoms with van der Waals surface area (Å²) in [5.74, 6) is 1.75. The van der Waals surface area contributed by atoms with Crippen LogP contribution < -0.4 is 10.1 Å². The van der Waals surface area contributed by atoms with Crippen LogP contribution in [0.5, 0.6) is 5.75 Å². The first kappa shape index (κ1) is 12.2.